The van der Waals surface area contributed by atoms with Crippen molar-refractivity contribution >= 4 is 27.3 Å². The summed E-state index contributed by atoms with van der Waals surface area (Å²) < 4.78 is 36.7. The first-order chi connectivity index (χ1) is 16.7. The van der Waals surface area contributed by atoms with E-state index in [2.05, 4.69) is 17.4 Å². The van der Waals surface area contributed by atoms with E-state index in [-0.39, 0.29) is 47.8 Å². The number of carbonyl (C=O) groups is 1. The molecule has 0 saturated carbocycles. The molecule has 0 unspecified atom stereocenters. The summed E-state index contributed by atoms with van der Waals surface area (Å²) >= 11 is 0. The maximum atomic E-state index is 12.7. The SMILES string of the molecule is COc1ccc([N+](=O)[O-])cc1N(CCCC(=O)NCC1(c2ccccc2)CCOCC1)S(C)(=O)=O. The molecule has 0 aliphatic carbocycles. The number of benzene rings is 2. The monoisotopic (exact) mass is 505 g/mol. The molecule has 1 aliphatic heterocycles. The van der Waals surface area contributed by atoms with Gasteiger partial charge in [-0.25, -0.2) is 8.42 Å². The Morgan fingerprint density at radius 2 is 1.89 bits per heavy atom. The Balaban J connectivity index is 1.66. The van der Waals surface area contributed by atoms with E-state index in [0.29, 0.717) is 19.8 Å². The number of anilines is 1. The van der Waals surface area contributed by atoms with Gasteiger partial charge in [0.25, 0.3) is 5.69 Å². The molecule has 1 heterocycles. The van der Waals surface area contributed by atoms with E-state index in [1.54, 1.807) is 0 Å². The van der Waals surface area contributed by atoms with Gasteiger partial charge in [-0.15, -0.1) is 0 Å². The second-order valence-corrected chi connectivity index (χ2v) is 10.5. The lowest BCUT2D eigenvalue weighted by Crippen LogP contribution is -2.44. The summed E-state index contributed by atoms with van der Waals surface area (Å²) in [4.78, 5) is 23.3. The molecular weight excluding hydrogens is 474 g/mol. The third-order valence-corrected chi connectivity index (χ3v) is 7.45. The van der Waals surface area contributed by atoms with Crippen molar-refractivity contribution in [3.63, 3.8) is 0 Å². The highest BCUT2D eigenvalue weighted by Gasteiger charge is 2.34. The van der Waals surface area contributed by atoms with Gasteiger partial charge in [0.1, 0.15) is 11.4 Å². The number of hydrogen-bond donors (Lipinski definition) is 1. The van der Waals surface area contributed by atoms with Crippen LogP contribution in [-0.4, -0.2) is 58.9 Å². The van der Waals surface area contributed by atoms with Crippen LogP contribution < -0.4 is 14.4 Å². The van der Waals surface area contributed by atoms with E-state index in [0.717, 1.165) is 35.0 Å². The van der Waals surface area contributed by atoms with E-state index < -0.39 is 14.9 Å². The number of non-ortho nitro benzene ring substituents is 1. The maximum absolute atomic E-state index is 12.7. The number of methoxy groups -OCH3 is 1. The van der Waals surface area contributed by atoms with Gasteiger partial charge in [0.15, 0.2) is 0 Å². The van der Waals surface area contributed by atoms with Crippen LogP contribution in [0.5, 0.6) is 5.75 Å². The van der Waals surface area contributed by atoms with Crippen LogP contribution in [0.25, 0.3) is 0 Å². The van der Waals surface area contributed by atoms with Crippen LogP contribution >= 0.6 is 0 Å². The van der Waals surface area contributed by atoms with Crippen molar-refractivity contribution in [2.75, 3.05) is 44.0 Å². The van der Waals surface area contributed by atoms with E-state index >= 15 is 0 Å². The fourth-order valence-electron chi connectivity index (χ4n) is 4.31. The zero-order chi connectivity index (χ0) is 25.5. The van der Waals surface area contributed by atoms with Crippen molar-refractivity contribution in [2.24, 2.45) is 0 Å². The number of nitro groups is 1. The van der Waals surface area contributed by atoms with Crippen LogP contribution in [-0.2, 0) is 25.0 Å². The minimum absolute atomic E-state index is 0.0263. The predicted octanol–water partition coefficient (Wildman–Crippen LogP) is 3.01. The summed E-state index contributed by atoms with van der Waals surface area (Å²) in [6.07, 6.45) is 2.94. The molecule has 11 heteroatoms. The number of nitro benzene ring substituents is 1. The highest BCUT2D eigenvalue weighted by atomic mass is 32.2. The van der Waals surface area contributed by atoms with Crippen LogP contribution in [0.3, 0.4) is 0 Å². The van der Waals surface area contributed by atoms with Crippen molar-refractivity contribution in [3.8, 4) is 5.75 Å². The Hall–Kier alpha value is -3.18. The van der Waals surface area contributed by atoms with Crippen LogP contribution in [0.4, 0.5) is 11.4 Å². The Morgan fingerprint density at radius 1 is 1.20 bits per heavy atom. The second kappa shape index (κ2) is 11.5. The smallest absolute Gasteiger partial charge is 0.271 e. The van der Waals surface area contributed by atoms with Crippen LogP contribution in [0.2, 0.25) is 0 Å². The minimum Gasteiger partial charge on any atom is -0.495 e. The van der Waals surface area contributed by atoms with Gasteiger partial charge in [0.2, 0.25) is 15.9 Å². The van der Waals surface area contributed by atoms with Crippen molar-refractivity contribution in [2.45, 2.75) is 31.1 Å². The lowest BCUT2D eigenvalue weighted by atomic mass is 9.74. The third-order valence-electron chi connectivity index (χ3n) is 6.27. The van der Waals surface area contributed by atoms with Crippen molar-refractivity contribution in [1.82, 2.24) is 5.32 Å². The summed E-state index contributed by atoms with van der Waals surface area (Å²) in [6, 6.07) is 13.8. The van der Waals surface area contributed by atoms with Gasteiger partial charge in [-0.1, -0.05) is 30.3 Å². The van der Waals surface area contributed by atoms with Crippen molar-refractivity contribution in [3.05, 3.63) is 64.2 Å². The number of nitrogens with zero attached hydrogens (tertiary/aromatic N) is 2. The quantitative estimate of drug-likeness (QED) is 0.367. The zero-order valence-corrected chi connectivity index (χ0v) is 20.8. The predicted molar refractivity (Wildman–Crippen MR) is 132 cm³/mol. The number of amides is 1. The standard InChI is InChI=1S/C24H31N3O7S/c1-33-22-11-10-20(27(29)30)17-21(22)26(35(2,31)32)14-6-9-23(28)25-18-24(12-15-34-16-13-24)19-7-4-3-5-8-19/h3-5,7-8,10-11,17H,6,9,12-16,18H2,1-2H3,(H,25,28). The molecular formula is C24H31N3O7S. The van der Waals surface area contributed by atoms with E-state index in [4.69, 9.17) is 9.47 Å². The molecule has 35 heavy (non-hydrogen) atoms. The molecule has 1 saturated heterocycles. The van der Waals surface area contributed by atoms with Crippen molar-refractivity contribution in [1.29, 1.82) is 0 Å². The van der Waals surface area contributed by atoms with Crippen LogP contribution in [0.15, 0.2) is 48.5 Å². The Bertz CT molecular complexity index is 1130. The lowest BCUT2D eigenvalue weighted by Gasteiger charge is -2.38. The minimum atomic E-state index is -3.78. The molecule has 2 aromatic carbocycles. The third kappa shape index (κ3) is 6.70. The summed E-state index contributed by atoms with van der Waals surface area (Å²) in [5.74, 6) is 0.000975. The molecule has 0 bridgehead atoms. The summed E-state index contributed by atoms with van der Waals surface area (Å²) in [6.45, 7) is 1.69. The fraction of sp³-hybridized carbons (Fsp3) is 0.458. The van der Waals surface area contributed by atoms with E-state index in [1.165, 1.54) is 19.2 Å². The average molecular weight is 506 g/mol. The first-order valence-electron chi connectivity index (χ1n) is 11.4. The van der Waals surface area contributed by atoms with E-state index in [9.17, 15) is 23.3 Å². The first-order valence-corrected chi connectivity index (χ1v) is 13.2. The molecule has 1 aliphatic rings. The molecule has 3 rings (SSSR count). The van der Waals surface area contributed by atoms with Crippen molar-refractivity contribution < 1.29 is 27.6 Å². The highest BCUT2D eigenvalue weighted by Crippen LogP contribution is 2.35. The summed E-state index contributed by atoms with van der Waals surface area (Å²) in [5.41, 5.74) is 0.763. The number of carbonyl (C=O) groups excluding carboxylic acids is 1. The molecule has 1 fully saturated rings. The average Bonchev–Trinajstić information content (AvgIpc) is 2.85. The zero-order valence-electron chi connectivity index (χ0n) is 19.9. The largest absolute Gasteiger partial charge is 0.495 e. The molecule has 0 aromatic heterocycles. The van der Waals surface area contributed by atoms with Gasteiger partial charge in [-0.3, -0.25) is 19.2 Å². The molecule has 1 amide bonds. The Morgan fingerprint density at radius 3 is 2.49 bits per heavy atom. The number of rotatable bonds is 11. The van der Waals surface area contributed by atoms with Gasteiger partial charge in [-0.2, -0.15) is 0 Å². The molecule has 190 valence electrons. The van der Waals surface area contributed by atoms with Gasteiger partial charge in [0.05, 0.1) is 18.3 Å². The van der Waals surface area contributed by atoms with Crippen LogP contribution in [0.1, 0.15) is 31.2 Å². The molecule has 0 atom stereocenters. The number of sulfonamides is 1. The van der Waals surface area contributed by atoms with E-state index in [1.807, 2.05) is 18.2 Å². The van der Waals surface area contributed by atoms with Gasteiger partial charge < -0.3 is 14.8 Å². The number of nitrogens with one attached hydrogen (secondary N) is 1. The molecule has 2 aromatic rings. The summed E-state index contributed by atoms with van der Waals surface area (Å²) in [5, 5.41) is 14.2. The Kier molecular flexibility index (Phi) is 8.68. The maximum Gasteiger partial charge on any atom is 0.271 e. The topological polar surface area (TPSA) is 128 Å². The van der Waals surface area contributed by atoms with Gasteiger partial charge >= 0.3 is 0 Å². The summed E-state index contributed by atoms with van der Waals surface area (Å²) in [7, 11) is -2.42. The normalized spacial score (nSPS) is 15.3. The molecule has 1 N–H and O–H groups in total. The van der Waals surface area contributed by atoms with Crippen LogP contribution in [0, 0.1) is 10.1 Å². The molecule has 0 spiro atoms. The van der Waals surface area contributed by atoms with Gasteiger partial charge in [0, 0.05) is 50.3 Å². The number of ether oxygens (including phenoxy) is 2. The molecule has 0 radical (unpaired) electrons. The second-order valence-electron chi connectivity index (χ2n) is 8.59. The highest BCUT2D eigenvalue weighted by molar-refractivity contribution is 7.92. The lowest BCUT2D eigenvalue weighted by molar-refractivity contribution is -0.384. The van der Waals surface area contributed by atoms with Gasteiger partial charge in [-0.05, 0) is 30.9 Å². The Labute approximate surface area is 205 Å². The molecule has 10 nitrogen and oxygen atoms in total. The number of hydrogen-bond acceptors (Lipinski definition) is 7. The fourth-order valence-corrected chi connectivity index (χ4v) is 5.27. The first kappa shape index (κ1) is 26.4.